The van der Waals surface area contributed by atoms with Gasteiger partial charge in [0.05, 0.1) is 22.8 Å². The van der Waals surface area contributed by atoms with Crippen LogP contribution in [0, 0.1) is 5.82 Å². The van der Waals surface area contributed by atoms with Crippen LogP contribution in [0.4, 0.5) is 15.8 Å². The number of hydrogen-bond donors (Lipinski definition) is 2. The molecule has 0 spiro atoms. The molecule has 4 rings (SSSR count). The molecule has 1 aromatic heterocycles. The third kappa shape index (κ3) is 4.04. The van der Waals surface area contributed by atoms with E-state index in [1.807, 2.05) is 31.2 Å². The summed E-state index contributed by atoms with van der Waals surface area (Å²) in [7, 11) is 0. The molecule has 2 aromatic carbocycles. The summed E-state index contributed by atoms with van der Waals surface area (Å²) in [5, 5.41) is 4.34. The zero-order valence-corrected chi connectivity index (χ0v) is 16.6. The molecule has 146 valence electrons. The van der Waals surface area contributed by atoms with Gasteiger partial charge in [-0.05, 0) is 42.8 Å². The van der Waals surface area contributed by atoms with Crippen molar-refractivity contribution in [3.8, 4) is 0 Å². The van der Waals surface area contributed by atoms with Gasteiger partial charge in [-0.25, -0.2) is 4.39 Å². The van der Waals surface area contributed by atoms with Crippen molar-refractivity contribution in [1.29, 1.82) is 0 Å². The van der Waals surface area contributed by atoms with Gasteiger partial charge in [0.2, 0.25) is 0 Å². The highest BCUT2D eigenvalue weighted by atomic mass is 35.5. The van der Waals surface area contributed by atoms with E-state index in [9.17, 15) is 4.39 Å². The molecule has 8 heteroatoms. The average molecular weight is 421 g/mol. The molecule has 1 atom stereocenters. The molecular formula is C20H19Cl2FN4O. The second kappa shape index (κ2) is 7.91. The summed E-state index contributed by atoms with van der Waals surface area (Å²) in [6.45, 7) is 2.76. The summed E-state index contributed by atoms with van der Waals surface area (Å²) in [6.07, 6.45) is 1.54. The molecule has 5 nitrogen and oxygen atoms in total. The molecular weight excluding hydrogens is 402 g/mol. The van der Waals surface area contributed by atoms with Crippen LogP contribution >= 0.6 is 24.0 Å². The lowest BCUT2D eigenvalue weighted by Crippen LogP contribution is -2.37. The van der Waals surface area contributed by atoms with Gasteiger partial charge in [-0.2, -0.15) is 0 Å². The predicted molar refractivity (Wildman–Crippen MR) is 113 cm³/mol. The minimum atomic E-state index is -0.560. The lowest BCUT2D eigenvalue weighted by Gasteiger charge is -2.30. The fourth-order valence-electron chi connectivity index (χ4n) is 3.25. The van der Waals surface area contributed by atoms with E-state index in [1.54, 1.807) is 12.3 Å². The Morgan fingerprint density at radius 3 is 2.86 bits per heavy atom. The first-order chi connectivity index (χ1) is 12.9. The number of hydrogen-bond acceptors (Lipinski definition) is 5. The molecule has 1 unspecified atom stereocenters. The lowest BCUT2D eigenvalue weighted by atomic mass is 9.92. The summed E-state index contributed by atoms with van der Waals surface area (Å²) < 4.78 is 19.6. The van der Waals surface area contributed by atoms with E-state index in [1.165, 1.54) is 12.1 Å². The number of rotatable bonds is 3. The number of nitrogens with zero attached hydrogens (tertiary/aromatic N) is 2. The Bertz CT molecular complexity index is 1050. The highest BCUT2D eigenvalue weighted by molar-refractivity contribution is 6.31. The molecule has 0 radical (unpaired) electrons. The Morgan fingerprint density at radius 2 is 2.07 bits per heavy atom. The van der Waals surface area contributed by atoms with E-state index in [0.717, 1.165) is 11.3 Å². The van der Waals surface area contributed by atoms with E-state index in [2.05, 4.69) is 15.3 Å². The smallest absolute Gasteiger partial charge is 0.126 e. The first kappa shape index (κ1) is 20.3. The molecule has 0 amide bonds. The van der Waals surface area contributed by atoms with Crippen molar-refractivity contribution in [1.82, 2.24) is 4.98 Å². The molecule has 0 fully saturated rings. The van der Waals surface area contributed by atoms with Crippen LogP contribution in [-0.4, -0.2) is 24.0 Å². The normalized spacial score (nSPS) is 19.0. The zero-order chi connectivity index (χ0) is 19.0. The van der Waals surface area contributed by atoms with Gasteiger partial charge in [-0.15, -0.1) is 12.4 Å². The van der Waals surface area contributed by atoms with Gasteiger partial charge < -0.3 is 15.8 Å². The van der Waals surface area contributed by atoms with Crippen molar-refractivity contribution in [3.05, 3.63) is 65.1 Å². The van der Waals surface area contributed by atoms with Gasteiger partial charge in [0.25, 0.3) is 0 Å². The number of amidine groups is 1. The topological polar surface area (TPSA) is 72.5 Å². The third-order valence-corrected chi connectivity index (χ3v) is 4.71. The lowest BCUT2D eigenvalue weighted by molar-refractivity contribution is 0.106. The number of nitrogens with one attached hydrogen (secondary N) is 1. The molecule has 2 heterocycles. The monoisotopic (exact) mass is 420 g/mol. The quantitative estimate of drug-likeness (QED) is 0.638. The minimum absolute atomic E-state index is 0. The van der Waals surface area contributed by atoms with E-state index in [-0.39, 0.29) is 18.2 Å². The van der Waals surface area contributed by atoms with E-state index < -0.39 is 5.54 Å². The standard InChI is InChI=1S/C20H18ClFN4O.ClH/c1-20(11-27-10-18(23)26-20)13-3-2-4-16(7-13)25-17-8-15(22)6-12-5-14(21)9-24-19(12)17;/h2-9,25H,10-11H2,1H3,(H2,23,26);1H. The van der Waals surface area contributed by atoms with Gasteiger partial charge in [-0.1, -0.05) is 23.7 Å². The maximum atomic E-state index is 14.0. The molecule has 28 heavy (non-hydrogen) atoms. The number of benzene rings is 2. The van der Waals surface area contributed by atoms with Crippen LogP contribution < -0.4 is 11.1 Å². The maximum Gasteiger partial charge on any atom is 0.126 e. The van der Waals surface area contributed by atoms with Gasteiger partial charge in [0.15, 0.2) is 0 Å². The Balaban J connectivity index is 0.00000225. The molecule has 1 aliphatic rings. The van der Waals surface area contributed by atoms with E-state index in [0.29, 0.717) is 40.7 Å². The minimum Gasteiger partial charge on any atom is -0.386 e. The van der Waals surface area contributed by atoms with Gasteiger partial charge in [0.1, 0.15) is 23.8 Å². The predicted octanol–water partition coefficient (Wildman–Crippen LogP) is 4.80. The molecule has 3 N–H and O–H groups in total. The van der Waals surface area contributed by atoms with Crippen LogP contribution in [0.15, 0.2) is 53.7 Å². The molecule has 0 bridgehead atoms. The van der Waals surface area contributed by atoms with Crippen LogP contribution in [0.3, 0.4) is 0 Å². The number of fused-ring (bicyclic) bond motifs is 1. The van der Waals surface area contributed by atoms with Crippen molar-refractivity contribution in [3.63, 3.8) is 0 Å². The highest BCUT2D eigenvalue weighted by Crippen LogP contribution is 2.32. The van der Waals surface area contributed by atoms with Crippen molar-refractivity contribution in [2.75, 3.05) is 18.5 Å². The first-order valence-electron chi connectivity index (χ1n) is 8.47. The number of ether oxygens (including phenoxy) is 1. The van der Waals surface area contributed by atoms with Crippen LogP contribution in [0.1, 0.15) is 12.5 Å². The van der Waals surface area contributed by atoms with Crippen molar-refractivity contribution in [2.24, 2.45) is 10.7 Å². The number of aromatic nitrogens is 1. The van der Waals surface area contributed by atoms with E-state index >= 15 is 0 Å². The van der Waals surface area contributed by atoms with E-state index in [4.69, 9.17) is 22.1 Å². The summed E-state index contributed by atoms with van der Waals surface area (Å²) in [6, 6.07) is 12.2. The van der Waals surface area contributed by atoms with Crippen LogP contribution in [0.2, 0.25) is 5.02 Å². The van der Waals surface area contributed by atoms with Crippen LogP contribution in [0.25, 0.3) is 10.9 Å². The van der Waals surface area contributed by atoms with Crippen molar-refractivity contribution < 1.29 is 9.13 Å². The molecule has 0 saturated carbocycles. The second-order valence-electron chi connectivity index (χ2n) is 6.75. The maximum absolute atomic E-state index is 14.0. The van der Waals surface area contributed by atoms with Crippen molar-refractivity contribution >= 4 is 52.1 Å². The molecule has 0 saturated heterocycles. The Kier molecular flexibility index (Phi) is 5.74. The highest BCUT2D eigenvalue weighted by Gasteiger charge is 2.30. The Morgan fingerprint density at radius 1 is 1.25 bits per heavy atom. The molecule has 3 aromatic rings. The molecule has 0 aliphatic carbocycles. The Labute approximate surface area is 173 Å². The number of aliphatic imine (C=N–C) groups is 1. The van der Waals surface area contributed by atoms with Gasteiger partial charge in [-0.3, -0.25) is 9.98 Å². The summed E-state index contributed by atoms with van der Waals surface area (Å²) in [5.41, 5.74) is 8.23. The summed E-state index contributed by atoms with van der Waals surface area (Å²) in [5.74, 6) is 0.106. The van der Waals surface area contributed by atoms with Crippen LogP contribution in [-0.2, 0) is 10.3 Å². The number of nitrogens with two attached hydrogens (primary N) is 1. The first-order valence-corrected chi connectivity index (χ1v) is 8.85. The largest absolute Gasteiger partial charge is 0.386 e. The second-order valence-corrected chi connectivity index (χ2v) is 7.19. The molecule has 1 aliphatic heterocycles. The SMILES string of the molecule is CC1(c2cccc(Nc3cc(F)cc4cc(Cl)cnc34)c2)COCC(N)=N1.Cl. The number of anilines is 2. The van der Waals surface area contributed by atoms with Crippen LogP contribution in [0.5, 0.6) is 0 Å². The fourth-order valence-corrected chi connectivity index (χ4v) is 3.42. The Hall–Kier alpha value is -2.41. The fraction of sp³-hybridized carbons (Fsp3) is 0.200. The zero-order valence-electron chi connectivity index (χ0n) is 15.1. The average Bonchev–Trinajstić information content (AvgIpc) is 2.61. The van der Waals surface area contributed by atoms with Gasteiger partial charge in [0, 0.05) is 17.3 Å². The van der Waals surface area contributed by atoms with Gasteiger partial charge >= 0.3 is 0 Å². The third-order valence-electron chi connectivity index (χ3n) is 4.50. The summed E-state index contributed by atoms with van der Waals surface area (Å²) in [4.78, 5) is 8.90. The number of halogens is 3. The van der Waals surface area contributed by atoms with Crippen molar-refractivity contribution in [2.45, 2.75) is 12.5 Å². The summed E-state index contributed by atoms with van der Waals surface area (Å²) >= 11 is 5.98. The number of pyridine rings is 1.